The zero-order chi connectivity index (χ0) is 17.4. The molecule has 0 aliphatic rings. The highest BCUT2D eigenvalue weighted by atomic mass is 16.2. The fourth-order valence-corrected chi connectivity index (χ4v) is 2.47. The molecule has 0 aliphatic carbocycles. The number of amides is 2. The average Bonchev–Trinajstić information content (AvgIpc) is 2.61. The summed E-state index contributed by atoms with van der Waals surface area (Å²) in [5.74, 6) is -0.835. The molecule has 4 nitrogen and oxygen atoms in total. The molecule has 125 valence electrons. The Labute approximate surface area is 143 Å². The molecule has 1 atom stereocenters. The maximum atomic E-state index is 12.0. The molecule has 0 aromatic heterocycles. The van der Waals surface area contributed by atoms with Crippen molar-refractivity contribution in [3.8, 4) is 0 Å². The molecule has 0 saturated heterocycles. The van der Waals surface area contributed by atoms with Gasteiger partial charge in [0.05, 0.1) is 6.42 Å². The number of carbonyl (C=O) groups excluding carboxylic acids is 2. The van der Waals surface area contributed by atoms with E-state index in [0.717, 1.165) is 11.1 Å². The van der Waals surface area contributed by atoms with E-state index in [9.17, 15) is 9.59 Å². The Bertz CT molecular complexity index is 616. The van der Waals surface area contributed by atoms with Crippen LogP contribution in [0.4, 0.5) is 0 Å². The first-order chi connectivity index (χ1) is 11.6. The molecule has 1 radical (unpaired) electrons. The maximum Gasteiger partial charge on any atom is 0.223 e. The first-order valence-corrected chi connectivity index (χ1v) is 8.08. The monoisotopic (exact) mass is 323 g/mol. The molecule has 2 amide bonds. The third-order valence-electron chi connectivity index (χ3n) is 4.03. The van der Waals surface area contributed by atoms with Gasteiger partial charge in [0.25, 0.3) is 0 Å². The van der Waals surface area contributed by atoms with E-state index in [1.165, 1.54) is 6.42 Å². The molecule has 2 aromatic rings. The molecule has 4 heteroatoms. The van der Waals surface area contributed by atoms with E-state index in [2.05, 4.69) is 29.6 Å². The second-order valence-electron chi connectivity index (χ2n) is 5.86. The molecule has 3 N–H and O–H groups in total. The highest BCUT2D eigenvalue weighted by molar-refractivity contribution is 5.86. The lowest BCUT2D eigenvalue weighted by atomic mass is 9.91. The van der Waals surface area contributed by atoms with Crippen LogP contribution in [0.2, 0.25) is 0 Å². The summed E-state index contributed by atoms with van der Waals surface area (Å²) in [6.07, 6.45) is 1.84. The van der Waals surface area contributed by atoms with Crippen LogP contribution in [0.5, 0.6) is 0 Å². The fraction of sp³-hybridized carbons (Fsp3) is 0.250. The van der Waals surface area contributed by atoms with E-state index in [1.807, 2.05) is 36.4 Å². The summed E-state index contributed by atoms with van der Waals surface area (Å²) >= 11 is 0. The summed E-state index contributed by atoms with van der Waals surface area (Å²) in [7, 11) is 0. The molecular formula is C20H23N2O2. The minimum absolute atomic E-state index is 0.0818. The predicted octanol–water partition coefficient (Wildman–Crippen LogP) is 2.65. The maximum absolute atomic E-state index is 12.0. The van der Waals surface area contributed by atoms with Crippen LogP contribution in [0.1, 0.15) is 30.4 Å². The molecule has 1 unspecified atom stereocenters. The summed E-state index contributed by atoms with van der Waals surface area (Å²) in [5.41, 5.74) is 7.50. The van der Waals surface area contributed by atoms with Crippen molar-refractivity contribution >= 4 is 11.8 Å². The van der Waals surface area contributed by atoms with Gasteiger partial charge in [-0.05, 0) is 17.5 Å². The van der Waals surface area contributed by atoms with Crippen LogP contribution >= 0.6 is 0 Å². The van der Waals surface area contributed by atoms with Gasteiger partial charge in [-0.2, -0.15) is 0 Å². The van der Waals surface area contributed by atoms with E-state index in [-0.39, 0.29) is 17.7 Å². The minimum Gasteiger partial charge on any atom is -0.369 e. The largest absolute Gasteiger partial charge is 0.369 e. The number of hydrogen-bond donors (Lipinski definition) is 2. The molecule has 0 heterocycles. The molecule has 0 spiro atoms. The lowest BCUT2D eigenvalue weighted by Crippen LogP contribution is -2.30. The average molecular weight is 323 g/mol. The number of benzene rings is 2. The van der Waals surface area contributed by atoms with Crippen LogP contribution in [0.25, 0.3) is 0 Å². The van der Waals surface area contributed by atoms with Crippen molar-refractivity contribution in [1.29, 1.82) is 0 Å². The summed E-state index contributed by atoms with van der Waals surface area (Å²) in [5, 5.41) is 2.93. The number of carbonyl (C=O) groups is 2. The number of nitrogens with one attached hydrogen (secondary N) is 1. The number of nitrogens with two attached hydrogens (primary N) is 1. The molecule has 0 bridgehead atoms. The van der Waals surface area contributed by atoms with Crippen molar-refractivity contribution in [3.63, 3.8) is 0 Å². The van der Waals surface area contributed by atoms with E-state index >= 15 is 0 Å². The Balaban J connectivity index is 1.99. The van der Waals surface area contributed by atoms with Gasteiger partial charge in [-0.25, -0.2) is 0 Å². The smallest absolute Gasteiger partial charge is 0.223 e. The number of rotatable bonds is 8. The van der Waals surface area contributed by atoms with Crippen LogP contribution in [0, 0.1) is 12.3 Å². The molecular weight excluding hydrogens is 300 g/mol. The van der Waals surface area contributed by atoms with Gasteiger partial charge in [-0.1, -0.05) is 67.6 Å². The van der Waals surface area contributed by atoms with Gasteiger partial charge in [0.15, 0.2) is 0 Å². The van der Waals surface area contributed by atoms with Crippen LogP contribution in [0.15, 0.2) is 60.7 Å². The fourth-order valence-electron chi connectivity index (χ4n) is 2.47. The van der Waals surface area contributed by atoms with Crippen molar-refractivity contribution in [2.75, 3.05) is 6.54 Å². The third-order valence-corrected chi connectivity index (χ3v) is 4.03. The summed E-state index contributed by atoms with van der Waals surface area (Å²) in [6, 6.07) is 20.2. The van der Waals surface area contributed by atoms with Gasteiger partial charge in [0.2, 0.25) is 11.8 Å². The predicted molar refractivity (Wildman–Crippen MR) is 95.0 cm³/mol. The van der Waals surface area contributed by atoms with Gasteiger partial charge in [-0.3, -0.25) is 9.59 Å². The van der Waals surface area contributed by atoms with Crippen LogP contribution in [0.3, 0.4) is 0 Å². The highest BCUT2D eigenvalue weighted by Gasteiger charge is 2.16. The Kier molecular flexibility index (Phi) is 6.55. The second kappa shape index (κ2) is 8.87. The summed E-state index contributed by atoms with van der Waals surface area (Å²) < 4.78 is 0. The SMILES string of the molecule is CC(C[CH]C(=O)NCC(c1ccccc1)c1ccccc1)C(N)=O. The Morgan fingerprint density at radius 3 is 1.96 bits per heavy atom. The van der Waals surface area contributed by atoms with E-state index in [0.29, 0.717) is 13.0 Å². The molecule has 24 heavy (non-hydrogen) atoms. The van der Waals surface area contributed by atoms with Crippen molar-refractivity contribution in [3.05, 3.63) is 78.2 Å². The first-order valence-electron chi connectivity index (χ1n) is 8.08. The van der Waals surface area contributed by atoms with Crippen LogP contribution in [-0.4, -0.2) is 18.4 Å². The molecule has 0 fully saturated rings. The van der Waals surface area contributed by atoms with Gasteiger partial charge in [-0.15, -0.1) is 0 Å². The van der Waals surface area contributed by atoms with Gasteiger partial charge < -0.3 is 11.1 Å². The molecule has 2 aromatic carbocycles. The molecule has 0 saturated carbocycles. The van der Waals surface area contributed by atoms with Gasteiger partial charge >= 0.3 is 0 Å². The molecule has 2 rings (SSSR count). The zero-order valence-electron chi connectivity index (χ0n) is 13.8. The van der Waals surface area contributed by atoms with Gasteiger partial charge in [0.1, 0.15) is 0 Å². The lowest BCUT2D eigenvalue weighted by Gasteiger charge is -2.19. The van der Waals surface area contributed by atoms with E-state index in [4.69, 9.17) is 5.73 Å². The number of primary amides is 1. The minimum atomic E-state index is -0.398. The summed E-state index contributed by atoms with van der Waals surface area (Å²) in [6.45, 7) is 2.21. The topological polar surface area (TPSA) is 72.2 Å². The normalized spacial score (nSPS) is 11.9. The quantitative estimate of drug-likeness (QED) is 0.784. The Morgan fingerprint density at radius 2 is 1.50 bits per heavy atom. The molecule has 0 aliphatic heterocycles. The van der Waals surface area contributed by atoms with Crippen LogP contribution in [-0.2, 0) is 9.59 Å². The second-order valence-corrected chi connectivity index (χ2v) is 5.86. The van der Waals surface area contributed by atoms with Crippen molar-refractivity contribution in [1.82, 2.24) is 5.32 Å². The highest BCUT2D eigenvalue weighted by Crippen LogP contribution is 2.23. The third kappa shape index (κ3) is 5.23. The van der Waals surface area contributed by atoms with E-state index in [1.54, 1.807) is 6.92 Å². The van der Waals surface area contributed by atoms with Crippen molar-refractivity contribution < 1.29 is 9.59 Å². The standard InChI is InChI=1S/C20H23N2O2/c1-15(20(21)24)12-13-19(23)22-14-18(16-8-4-2-5-9-16)17-10-6-3-7-11-17/h2-11,13,15,18H,12,14H2,1H3,(H2,21,24)(H,22,23). The van der Waals surface area contributed by atoms with Crippen molar-refractivity contribution in [2.24, 2.45) is 11.7 Å². The number of hydrogen-bond acceptors (Lipinski definition) is 2. The van der Waals surface area contributed by atoms with Crippen molar-refractivity contribution in [2.45, 2.75) is 19.3 Å². The summed E-state index contributed by atoms with van der Waals surface area (Å²) in [4.78, 5) is 23.0. The van der Waals surface area contributed by atoms with Gasteiger partial charge in [0, 0.05) is 18.4 Å². The zero-order valence-corrected chi connectivity index (χ0v) is 13.8. The van der Waals surface area contributed by atoms with Crippen LogP contribution < -0.4 is 11.1 Å². The lowest BCUT2D eigenvalue weighted by molar-refractivity contribution is -0.121. The van der Waals surface area contributed by atoms with E-state index < -0.39 is 5.91 Å². The Morgan fingerprint density at radius 1 is 1.00 bits per heavy atom. The Hall–Kier alpha value is -2.62. The first kappa shape index (κ1) is 17.7.